The van der Waals surface area contributed by atoms with Gasteiger partial charge >= 0.3 is 12.3 Å². The van der Waals surface area contributed by atoms with Crippen molar-refractivity contribution in [1.82, 2.24) is 4.57 Å². The molecular weight excluding hydrogens is 482 g/mol. The fourth-order valence-corrected chi connectivity index (χ4v) is 3.94. The summed E-state index contributed by atoms with van der Waals surface area (Å²) in [5, 5.41) is 9.15. The highest BCUT2D eigenvalue weighted by molar-refractivity contribution is 6.34. The van der Waals surface area contributed by atoms with E-state index < -0.39 is 17.9 Å². The maximum atomic E-state index is 12.7. The highest BCUT2D eigenvalue weighted by Gasteiger charge is 2.32. The van der Waals surface area contributed by atoms with Crippen molar-refractivity contribution in [3.05, 3.63) is 97.4 Å². The van der Waals surface area contributed by atoms with E-state index in [2.05, 4.69) is 4.74 Å². The number of nitrogens with zero attached hydrogens (tertiary/aromatic N) is 1. The van der Waals surface area contributed by atoms with Crippen molar-refractivity contribution in [2.45, 2.75) is 32.2 Å². The average molecular weight is 500 g/mol. The molecule has 10 heteroatoms. The molecule has 5 nitrogen and oxygen atoms in total. The number of carboxylic acid groups (broad SMARTS) is 1. The number of aromatic carboxylic acids is 1. The van der Waals surface area contributed by atoms with Gasteiger partial charge in [-0.3, -0.25) is 4.79 Å². The van der Waals surface area contributed by atoms with Crippen LogP contribution in [0.1, 0.15) is 27.2 Å². The summed E-state index contributed by atoms with van der Waals surface area (Å²) in [4.78, 5) is 23.7. The van der Waals surface area contributed by atoms with Crippen LogP contribution in [-0.2, 0) is 25.8 Å². The number of alkyl halides is 3. The first-order chi connectivity index (χ1) is 15.5. The molecule has 0 saturated carbocycles. The summed E-state index contributed by atoms with van der Waals surface area (Å²) in [6.07, 6.45) is -4.13. The van der Waals surface area contributed by atoms with E-state index in [-0.39, 0.29) is 40.7 Å². The first kappa shape index (κ1) is 24.7. The van der Waals surface area contributed by atoms with Gasteiger partial charge in [-0.1, -0.05) is 53.5 Å². The standard InChI is InChI=1S/C23H18Cl2F3NO4/c24-17-13-18(25)21(30)29(12-11-14-5-7-16(8-6-14)22(31)32)19(17)10-9-15-3-1-2-4-20(15)33-23(26,27)28/h1-8,13H,9-12H2,(H,31,32). The lowest BCUT2D eigenvalue weighted by Crippen LogP contribution is -2.26. The van der Waals surface area contributed by atoms with Gasteiger partial charge in [0.2, 0.25) is 0 Å². The molecule has 0 bridgehead atoms. The number of hydrogen-bond donors (Lipinski definition) is 1. The summed E-state index contributed by atoms with van der Waals surface area (Å²) < 4.78 is 43.6. The summed E-state index contributed by atoms with van der Waals surface area (Å²) in [5.41, 5.74) is 1.19. The highest BCUT2D eigenvalue weighted by atomic mass is 35.5. The quantitative estimate of drug-likeness (QED) is 0.426. The second kappa shape index (κ2) is 10.3. The third-order valence-corrected chi connectivity index (χ3v) is 5.56. The Hall–Kier alpha value is -2.97. The summed E-state index contributed by atoms with van der Waals surface area (Å²) in [6, 6.07) is 13.3. The first-order valence-electron chi connectivity index (χ1n) is 9.79. The van der Waals surface area contributed by atoms with Crippen LogP contribution in [0.4, 0.5) is 13.2 Å². The number of aryl methyl sites for hydroxylation is 2. The number of hydrogen-bond acceptors (Lipinski definition) is 3. The van der Waals surface area contributed by atoms with Gasteiger partial charge in [0.15, 0.2) is 0 Å². The van der Waals surface area contributed by atoms with E-state index in [9.17, 15) is 22.8 Å². The number of pyridine rings is 1. The zero-order valence-corrected chi connectivity index (χ0v) is 18.5. The third-order valence-electron chi connectivity index (χ3n) is 4.96. The number of halogens is 5. The molecule has 2 aromatic carbocycles. The monoisotopic (exact) mass is 499 g/mol. The molecule has 0 radical (unpaired) electrons. The lowest BCUT2D eigenvalue weighted by molar-refractivity contribution is -0.274. The summed E-state index contributed by atoms with van der Waals surface area (Å²) in [5.74, 6) is -1.36. The van der Waals surface area contributed by atoms with Crippen LogP contribution >= 0.6 is 23.2 Å². The van der Waals surface area contributed by atoms with Crippen molar-refractivity contribution in [1.29, 1.82) is 0 Å². The van der Waals surface area contributed by atoms with Gasteiger partial charge in [-0.15, -0.1) is 13.2 Å². The van der Waals surface area contributed by atoms with E-state index >= 15 is 0 Å². The Morgan fingerprint density at radius 2 is 1.64 bits per heavy atom. The zero-order chi connectivity index (χ0) is 24.2. The van der Waals surface area contributed by atoms with Crippen molar-refractivity contribution in [2.75, 3.05) is 0 Å². The minimum atomic E-state index is -4.83. The lowest BCUT2D eigenvalue weighted by Gasteiger charge is -2.17. The minimum Gasteiger partial charge on any atom is -0.478 e. The predicted octanol–water partition coefficient (Wildman–Crippen LogP) is 5.78. The van der Waals surface area contributed by atoms with Gasteiger partial charge in [0.05, 0.1) is 10.6 Å². The minimum absolute atomic E-state index is 0.0780. The van der Waals surface area contributed by atoms with Crippen LogP contribution in [0.15, 0.2) is 59.4 Å². The normalized spacial score (nSPS) is 11.4. The molecular formula is C23H18Cl2F3NO4. The Morgan fingerprint density at radius 3 is 2.27 bits per heavy atom. The van der Waals surface area contributed by atoms with Gasteiger partial charge < -0.3 is 14.4 Å². The van der Waals surface area contributed by atoms with Crippen LogP contribution in [0.3, 0.4) is 0 Å². The number of aromatic nitrogens is 1. The van der Waals surface area contributed by atoms with Crippen molar-refractivity contribution < 1.29 is 27.8 Å². The summed E-state index contributed by atoms with van der Waals surface area (Å²) in [7, 11) is 0. The van der Waals surface area contributed by atoms with E-state index in [0.717, 1.165) is 5.56 Å². The molecule has 0 aliphatic rings. The topological polar surface area (TPSA) is 68.5 Å². The van der Waals surface area contributed by atoms with Crippen LogP contribution in [0.2, 0.25) is 10.0 Å². The Morgan fingerprint density at radius 1 is 0.970 bits per heavy atom. The molecule has 0 unspecified atom stereocenters. The molecule has 33 heavy (non-hydrogen) atoms. The molecule has 174 valence electrons. The van der Waals surface area contributed by atoms with E-state index in [1.54, 1.807) is 18.2 Å². The average Bonchev–Trinajstić information content (AvgIpc) is 2.74. The first-order valence-corrected chi connectivity index (χ1v) is 10.5. The van der Waals surface area contributed by atoms with Crippen LogP contribution in [0.5, 0.6) is 5.75 Å². The highest BCUT2D eigenvalue weighted by Crippen LogP contribution is 2.28. The summed E-state index contributed by atoms with van der Waals surface area (Å²) >= 11 is 12.4. The van der Waals surface area contributed by atoms with Crippen LogP contribution in [0.25, 0.3) is 0 Å². The molecule has 1 aromatic heterocycles. The van der Waals surface area contributed by atoms with Gasteiger partial charge in [-0.05, 0) is 54.7 Å². The third kappa shape index (κ3) is 6.52. The molecule has 0 aliphatic carbocycles. The summed E-state index contributed by atoms with van der Waals surface area (Å²) in [6.45, 7) is 0.196. The largest absolute Gasteiger partial charge is 0.573 e. The maximum absolute atomic E-state index is 12.7. The van der Waals surface area contributed by atoms with E-state index in [0.29, 0.717) is 17.7 Å². The number of carboxylic acids is 1. The lowest BCUT2D eigenvalue weighted by atomic mass is 10.1. The smallest absolute Gasteiger partial charge is 0.478 e. The Bertz CT molecular complexity index is 1210. The van der Waals surface area contributed by atoms with Crippen molar-refractivity contribution >= 4 is 29.2 Å². The van der Waals surface area contributed by atoms with E-state index in [4.69, 9.17) is 28.3 Å². The molecule has 0 aliphatic heterocycles. The van der Waals surface area contributed by atoms with Gasteiger partial charge in [0.25, 0.3) is 5.56 Å². The predicted molar refractivity (Wildman–Crippen MR) is 118 cm³/mol. The van der Waals surface area contributed by atoms with Crippen molar-refractivity contribution in [3.8, 4) is 5.75 Å². The number of rotatable bonds is 8. The number of benzene rings is 2. The molecule has 3 rings (SSSR count). The molecule has 3 aromatic rings. The van der Waals surface area contributed by atoms with Gasteiger partial charge in [-0.25, -0.2) is 4.79 Å². The zero-order valence-electron chi connectivity index (χ0n) is 17.0. The Balaban J connectivity index is 1.84. The van der Waals surface area contributed by atoms with Gasteiger partial charge in [0.1, 0.15) is 10.8 Å². The Labute approximate surface area is 196 Å². The maximum Gasteiger partial charge on any atom is 0.573 e. The van der Waals surface area contributed by atoms with Crippen LogP contribution in [0, 0.1) is 0 Å². The second-order valence-corrected chi connectivity index (χ2v) is 7.97. The molecule has 1 N–H and O–H groups in total. The fraction of sp³-hybridized carbons (Fsp3) is 0.217. The van der Waals surface area contributed by atoms with Gasteiger partial charge in [-0.2, -0.15) is 0 Å². The number of para-hydroxylation sites is 1. The van der Waals surface area contributed by atoms with Crippen molar-refractivity contribution in [2.24, 2.45) is 0 Å². The molecule has 0 fully saturated rings. The molecule has 1 heterocycles. The van der Waals surface area contributed by atoms with Crippen molar-refractivity contribution in [3.63, 3.8) is 0 Å². The van der Waals surface area contributed by atoms with E-state index in [1.807, 2.05) is 0 Å². The molecule has 0 atom stereocenters. The van der Waals surface area contributed by atoms with Crippen LogP contribution < -0.4 is 10.3 Å². The number of ether oxygens (including phenoxy) is 1. The molecule has 0 spiro atoms. The van der Waals surface area contributed by atoms with Gasteiger partial charge in [0, 0.05) is 12.2 Å². The fourth-order valence-electron chi connectivity index (χ4n) is 3.37. The Kier molecular flexibility index (Phi) is 7.71. The number of carbonyl (C=O) groups is 1. The van der Waals surface area contributed by atoms with Crippen LogP contribution in [-0.4, -0.2) is 22.0 Å². The molecule has 0 saturated heterocycles. The van der Waals surface area contributed by atoms with E-state index in [1.165, 1.54) is 41.0 Å². The second-order valence-electron chi connectivity index (χ2n) is 7.15. The SMILES string of the molecule is O=C(O)c1ccc(CCn2c(CCc3ccccc3OC(F)(F)F)c(Cl)cc(Cl)c2=O)cc1. The molecule has 0 amide bonds.